The van der Waals surface area contributed by atoms with Crippen LogP contribution in [0.5, 0.6) is 0 Å². The van der Waals surface area contributed by atoms with Crippen LogP contribution in [-0.2, 0) is 5.88 Å². The topological polar surface area (TPSA) is 30.0 Å². The van der Waals surface area contributed by atoms with Gasteiger partial charge in [0.05, 0.1) is 22.2 Å². The molecule has 0 spiro atoms. The maximum atomic E-state index is 12.4. The first-order valence-electron chi connectivity index (χ1n) is 3.58. The molecular weight excluding hydrogens is 235 g/mol. The molecule has 6 heteroatoms. The van der Waals surface area contributed by atoms with Crippen LogP contribution in [0.1, 0.15) is 28.2 Å². The fraction of sp³-hybridized carbons (Fsp3) is 0.250. The number of aldehydes is 1. The van der Waals surface area contributed by atoms with Crippen LogP contribution in [-0.4, -0.2) is 11.3 Å². The van der Waals surface area contributed by atoms with Crippen molar-refractivity contribution in [1.29, 1.82) is 0 Å². The Kier molecular flexibility index (Phi) is 3.77. The van der Waals surface area contributed by atoms with Crippen molar-refractivity contribution in [2.45, 2.75) is 12.3 Å². The summed E-state index contributed by atoms with van der Waals surface area (Å²) in [5, 5.41) is -0.0547. The smallest absolute Gasteiger partial charge is 0.281 e. The summed E-state index contributed by atoms with van der Waals surface area (Å²) in [6.45, 7) is 0. The van der Waals surface area contributed by atoms with Crippen molar-refractivity contribution >= 4 is 29.5 Å². The summed E-state index contributed by atoms with van der Waals surface area (Å²) >= 11 is 11.0. The van der Waals surface area contributed by atoms with Gasteiger partial charge in [-0.15, -0.1) is 11.6 Å². The van der Waals surface area contributed by atoms with E-state index in [1.165, 1.54) is 6.07 Å². The molecule has 0 amide bonds. The van der Waals surface area contributed by atoms with Crippen LogP contribution in [0.25, 0.3) is 0 Å². The lowest BCUT2D eigenvalue weighted by Crippen LogP contribution is -2.01. The quantitative estimate of drug-likeness (QED) is 0.599. The van der Waals surface area contributed by atoms with E-state index in [2.05, 4.69) is 4.98 Å². The van der Waals surface area contributed by atoms with E-state index in [-0.39, 0.29) is 28.4 Å². The van der Waals surface area contributed by atoms with Crippen LogP contribution < -0.4 is 0 Å². The van der Waals surface area contributed by atoms with Crippen LogP contribution in [0, 0.1) is 0 Å². The summed E-state index contributed by atoms with van der Waals surface area (Å²) in [6.07, 6.45) is -2.58. The van der Waals surface area contributed by atoms with E-state index in [0.29, 0.717) is 0 Å². The van der Waals surface area contributed by atoms with Gasteiger partial charge in [-0.2, -0.15) is 0 Å². The largest absolute Gasteiger partial charge is 0.298 e. The molecule has 76 valence electrons. The Balaban J connectivity index is 3.35. The van der Waals surface area contributed by atoms with E-state index >= 15 is 0 Å². The monoisotopic (exact) mass is 239 g/mol. The molecule has 14 heavy (non-hydrogen) atoms. The summed E-state index contributed by atoms with van der Waals surface area (Å²) in [4.78, 5) is 14.0. The minimum Gasteiger partial charge on any atom is -0.298 e. The fourth-order valence-corrected chi connectivity index (χ4v) is 1.35. The first-order valence-corrected chi connectivity index (χ1v) is 4.50. The standard InChI is InChI=1S/C8H5Cl2F2NO/c9-2-4-1-6(10)5(3-14)7(13-4)8(11)12/h1,3,8H,2H2. The number of alkyl halides is 3. The minimum absolute atomic E-state index is 0.0292. The summed E-state index contributed by atoms with van der Waals surface area (Å²) in [6, 6.07) is 1.30. The average Bonchev–Trinajstić information content (AvgIpc) is 2.16. The molecule has 0 radical (unpaired) electrons. The van der Waals surface area contributed by atoms with Gasteiger partial charge in [0, 0.05) is 0 Å². The zero-order valence-electron chi connectivity index (χ0n) is 6.81. The lowest BCUT2D eigenvalue weighted by Gasteiger charge is -2.06. The van der Waals surface area contributed by atoms with Crippen LogP contribution >= 0.6 is 23.2 Å². The van der Waals surface area contributed by atoms with E-state index in [1.54, 1.807) is 0 Å². The second-order valence-electron chi connectivity index (χ2n) is 2.45. The zero-order valence-corrected chi connectivity index (χ0v) is 8.32. The molecule has 0 saturated heterocycles. The summed E-state index contributed by atoms with van der Waals surface area (Å²) in [5.41, 5.74) is -0.684. The molecule has 0 fully saturated rings. The molecule has 0 aliphatic heterocycles. The number of pyridine rings is 1. The second kappa shape index (κ2) is 4.66. The maximum Gasteiger partial charge on any atom is 0.281 e. The van der Waals surface area contributed by atoms with Crippen LogP contribution in [0.4, 0.5) is 8.78 Å². The van der Waals surface area contributed by atoms with Crippen LogP contribution in [0.2, 0.25) is 5.02 Å². The van der Waals surface area contributed by atoms with E-state index in [9.17, 15) is 13.6 Å². The lowest BCUT2D eigenvalue weighted by atomic mass is 10.2. The molecule has 1 heterocycles. The van der Waals surface area contributed by atoms with Crippen molar-refractivity contribution in [2.75, 3.05) is 0 Å². The van der Waals surface area contributed by atoms with Gasteiger partial charge in [0.25, 0.3) is 6.43 Å². The predicted molar refractivity (Wildman–Crippen MR) is 49.1 cm³/mol. The average molecular weight is 240 g/mol. The van der Waals surface area contributed by atoms with Gasteiger partial charge in [-0.25, -0.2) is 13.8 Å². The molecule has 0 aliphatic rings. The third kappa shape index (κ3) is 2.19. The molecule has 1 aromatic rings. The highest BCUT2D eigenvalue weighted by atomic mass is 35.5. The number of carbonyl (C=O) groups excluding carboxylic acids is 1. The SMILES string of the molecule is O=Cc1c(Cl)cc(CCl)nc1C(F)F. The highest BCUT2D eigenvalue weighted by molar-refractivity contribution is 6.33. The fourth-order valence-electron chi connectivity index (χ4n) is 0.945. The van der Waals surface area contributed by atoms with E-state index < -0.39 is 12.1 Å². The first-order chi connectivity index (χ1) is 6.60. The van der Waals surface area contributed by atoms with Crippen molar-refractivity contribution in [2.24, 2.45) is 0 Å². The number of hydrogen-bond acceptors (Lipinski definition) is 2. The van der Waals surface area contributed by atoms with Gasteiger partial charge in [0.2, 0.25) is 0 Å². The maximum absolute atomic E-state index is 12.4. The molecular formula is C8H5Cl2F2NO. The Bertz CT molecular complexity index is 357. The van der Waals surface area contributed by atoms with Gasteiger partial charge in [-0.05, 0) is 6.07 Å². The van der Waals surface area contributed by atoms with Crippen LogP contribution in [0.3, 0.4) is 0 Å². The lowest BCUT2D eigenvalue weighted by molar-refractivity contribution is 0.110. The minimum atomic E-state index is -2.84. The molecule has 2 nitrogen and oxygen atoms in total. The molecule has 0 aromatic carbocycles. The van der Waals surface area contributed by atoms with Gasteiger partial charge in [0.15, 0.2) is 6.29 Å². The molecule has 0 N–H and O–H groups in total. The molecule has 0 unspecified atom stereocenters. The zero-order chi connectivity index (χ0) is 10.7. The van der Waals surface area contributed by atoms with Gasteiger partial charge in [0.1, 0.15) is 5.69 Å². The summed E-state index contributed by atoms with van der Waals surface area (Å²) < 4.78 is 24.8. The third-order valence-electron chi connectivity index (χ3n) is 1.55. The molecule has 0 aliphatic carbocycles. The summed E-state index contributed by atoms with van der Waals surface area (Å²) in [5.74, 6) is -0.0292. The normalized spacial score (nSPS) is 10.6. The molecule has 1 aromatic heterocycles. The van der Waals surface area contributed by atoms with Gasteiger partial charge in [-0.1, -0.05) is 11.6 Å². The Hall–Kier alpha value is -0.740. The highest BCUT2D eigenvalue weighted by Crippen LogP contribution is 2.26. The van der Waals surface area contributed by atoms with Crippen molar-refractivity contribution in [3.05, 3.63) is 28.0 Å². The van der Waals surface area contributed by atoms with Crippen molar-refractivity contribution in [1.82, 2.24) is 4.98 Å². The Labute approximate surface area is 88.8 Å². The Morgan fingerprint density at radius 2 is 2.21 bits per heavy atom. The van der Waals surface area contributed by atoms with E-state index in [1.807, 2.05) is 0 Å². The molecule has 0 bridgehead atoms. The number of halogens is 4. The van der Waals surface area contributed by atoms with Crippen LogP contribution in [0.15, 0.2) is 6.07 Å². The number of aromatic nitrogens is 1. The van der Waals surface area contributed by atoms with Crippen molar-refractivity contribution in [3.63, 3.8) is 0 Å². The number of carbonyl (C=O) groups is 1. The van der Waals surface area contributed by atoms with Gasteiger partial charge < -0.3 is 0 Å². The van der Waals surface area contributed by atoms with Gasteiger partial charge >= 0.3 is 0 Å². The first kappa shape index (κ1) is 11.3. The number of rotatable bonds is 3. The molecule has 0 saturated carbocycles. The van der Waals surface area contributed by atoms with Crippen molar-refractivity contribution in [3.8, 4) is 0 Å². The predicted octanol–water partition coefficient (Wildman–Crippen LogP) is 3.22. The second-order valence-corrected chi connectivity index (χ2v) is 3.12. The molecule has 1 rings (SSSR count). The number of nitrogens with zero attached hydrogens (tertiary/aromatic N) is 1. The Morgan fingerprint density at radius 1 is 1.57 bits per heavy atom. The number of hydrogen-bond donors (Lipinski definition) is 0. The Morgan fingerprint density at radius 3 is 2.64 bits per heavy atom. The van der Waals surface area contributed by atoms with Crippen molar-refractivity contribution < 1.29 is 13.6 Å². The van der Waals surface area contributed by atoms with Gasteiger partial charge in [-0.3, -0.25) is 4.79 Å². The van der Waals surface area contributed by atoms with E-state index in [0.717, 1.165) is 0 Å². The van der Waals surface area contributed by atoms with E-state index in [4.69, 9.17) is 23.2 Å². The molecule has 0 atom stereocenters. The highest BCUT2D eigenvalue weighted by Gasteiger charge is 2.18. The summed E-state index contributed by atoms with van der Waals surface area (Å²) in [7, 11) is 0. The third-order valence-corrected chi connectivity index (χ3v) is 2.14.